The molecule has 0 radical (unpaired) electrons. The zero-order chi connectivity index (χ0) is 33.3. The summed E-state index contributed by atoms with van der Waals surface area (Å²) >= 11 is 0. The normalized spacial score (nSPS) is 14.0. The van der Waals surface area contributed by atoms with Crippen LogP contribution in [0.15, 0.2) is 85.1 Å². The molecule has 0 bridgehead atoms. The number of aromatic nitrogens is 3. The van der Waals surface area contributed by atoms with Crippen LogP contribution >= 0.6 is 0 Å². The zero-order valence-electron chi connectivity index (χ0n) is 24.8. The molecule has 1 aliphatic rings. The summed E-state index contributed by atoms with van der Waals surface area (Å²) in [5.41, 5.74) is 3.44. The number of pyridine rings is 1. The van der Waals surface area contributed by atoms with Crippen molar-refractivity contribution < 1.29 is 36.3 Å². The van der Waals surface area contributed by atoms with Gasteiger partial charge in [-0.2, -0.15) is 18.2 Å². The number of fused-ring (bicyclic) bond motifs is 1. The van der Waals surface area contributed by atoms with E-state index >= 15 is 0 Å². The summed E-state index contributed by atoms with van der Waals surface area (Å²) in [5.74, 6) is -1.81. The summed E-state index contributed by atoms with van der Waals surface area (Å²) < 4.78 is 71.9. The highest BCUT2D eigenvalue weighted by molar-refractivity contribution is 5.96. The lowest BCUT2D eigenvalue weighted by Gasteiger charge is -2.34. The van der Waals surface area contributed by atoms with E-state index in [1.54, 1.807) is 43.5 Å². The van der Waals surface area contributed by atoms with Gasteiger partial charge in [0.2, 0.25) is 11.9 Å². The van der Waals surface area contributed by atoms with Crippen molar-refractivity contribution in [2.45, 2.75) is 25.2 Å². The number of hydrogen-bond donors (Lipinski definition) is 2. The first kappa shape index (κ1) is 31.5. The van der Waals surface area contributed by atoms with Crippen molar-refractivity contribution in [1.29, 1.82) is 0 Å². The van der Waals surface area contributed by atoms with Gasteiger partial charge in [0.05, 0.1) is 24.7 Å². The number of nitrogens with zero attached hydrogens (tertiary/aromatic N) is 4. The first-order chi connectivity index (χ1) is 22.4. The molecule has 1 saturated heterocycles. The topological polar surface area (TPSA) is 101 Å². The number of hydrogen-bond acceptors (Lipinski definition) is 6. The van der Waals surface area contributed by atoms with Gasteiger partial charge in [-0.15, -0.1) is 5.10 Å². The molecule has 1 aliphatic heterocycles. The van der Waals surface area contributed by atoms with Crippen molar-refractivity contribution in [3.05, 3.63) is 102 Å². The molecule has 3 heterocycles. The quantitative estimate of drug-likeness (QED) is 0.171. The molecule has 0 aliphatic carbocycles. The molecule has 5 aromatic rings. The maximum Gasteiger partial charge on any atom is 0.422 e. The third-order valence-corrected chi connectivity index (χ3v) is 7.57. The van der Waals surface area contributed by atoms with Gasteiger partial charge >= 0.3 is 6.18 Å². The van der Waals surface area contributed by atoms with Crippen molar-refractivity contribution in [2.24, 2.45) is 0 Å². The molecule has 14 heteroatoms. The second-order valence-corrected chi connectivity index (χ2v) is 11.0. The lowest BCUT2D eigenvalue weighted by atomic mass is 10.00. The van der Waals surface area contributed by atoms with Gasteiger partial charge in [-0.05, 0) is 72.6 Å². The third-order valence-electron chi connectivity index (χ3n) is 7.57. The van der Waals surface area contributed by atoms with E-state index in [-0.39, 0.29) is 47.8 Å². The predicted octanol–water partition coefficient (Wildman–Crippen LogP) is 6.76. The highest BCUT2D eigenvalue weighted by atomic mass is 19.4. The number of alkyl halides is 4. The van der Waals surface area contributed by atoms with Crippen molar-refractivity contribution in [3.8, 4) is 16.9 Å². The number of nitrogens with one attached hydrogen (secondary N) is 2. The number of likely N-dealkylation sites (tertiary alicyclic amines) is 1. The Labute approximate surface area is 265 Å². The van der Waals surface area contributed by atoms with Gasteiger partial charge in [0, 0.05) is 23.0 Å². The smallest absolute Gasteiger partial charge is 0.422 e. The van der Waals surface area contributed by atoms with E-state index < -0.39 is 30.8 Å². The van der Waals surface area contributed by atoms with Gasteiger partial charge in [-0.1, -0.05) is 24.3 Å². The number of halogens is 5. The fourth-order valence-corrected chi connectivity index (χ4v) is 4.94. The Balaban J connectivity index is 1.16. The number of benzene rings is 3. The number of rotatable bonds is 9. The summed E-state index contributed by atoms with van der Waals surface area (Å²) in [6.45, 7) is -0.0163. The molecule has 0 spiro atoms. The van der Waals surface area contributed by atoms with Crippen LogP contribution in [0.4, 0.5) is 39.3 Å². The molecule has 2 aromatic heterocycles. The van der Waals surface area contributed by atoms with Crippen molar-refractivity contribution >= 4 is 34.8 Å². The SMILES string of the molecule is CC(C(=O)Nc1ccc(-c2ccc3nc(Nc4ccc(C(=O)N5CC(F)C5)cc4OCC(F)(F)F)nn3c2)cc1)c1ccc(F)cc1. The minimum Gasteiger partial charge on any atom is -0.482 e. The van der Waals surface area contributed by atoms with E-state index in [9.17, 15) is 31.5 Å². The van der Waals surface area contributed by atoms with Crippen LogP contribution in [0.25, 0.3) is 16.8 Å². The second-order valence-electron chi connectivity index (χ2n) is 11.0. The lowest BCUT2D eigenvalue weighted by Crippen LogP contribution is -2.51. The molecule has 242 valence electrons. The van der Waals surface area contributed by atoms with Crippen LogP contribution in [0.1, 0.15) is 28.8 Å². The average molecular weight is 651 g/mol. The highest BCUT2D eigenvalue weighted by Crippen LogP contribution is 2.32. The van der Waals surface area contributed by atoms with Crippen molar-refractivity contribution in [1.82, 2.24) is 19.5 Å². The molecular formula is C33H27F5N6O3. The maximum absolute atomic E-state index is 13.2. The summed E-state index contributed by atoms with van der Waals surface area (Å²) in [7, 11) is 0. The first-order valence-corrected chi connectivity index (χ1v) is 14.5. The number of anilines is 3. The zero-order valence-corrected chi connectivity index (χ0v) is 24.8. The summed E-state index contributed by atoms with van der Waals surface area (Å²) in [6.07, 6.45) is -4.04. The Morgan fingerprint density at radius 3 is 2.36 bits per heavy atom. The van der Waals surface area contributed by atoms with E-state index in [0.717, 1.165) is 11.1 Å². The summed E-state index contributed by atoms with van der Waals surface area (Å²) in [6, 6.07) is 20.4. The number of ether oxygens (including phenoxy) is 1. The monoisotopic (exact) mass is 650 g/mol. The van der Waals surface area contributed by atoms with Gasteiger partial charge in [0.25, 0.3) is 5.91 Å². The van der Waals surface area contributed by atoms with Crippen molar-refractivity contribution in [3.63, 3.8) is 0 Å². The van der Waals surface area contributed by atoms with Crippen LogP contribution in [-0.4, -0.2) is 63.4 Å². The standard InChI is InChI=1S/C33H27F5N6O3/c1-19(20-2-8-24(34)9-3-20)30(45)39-26-10-4-21(5-11-26)23-7-13-29-41-32(42-44(29)15-23)40-27-12-6-22(31(46)43-16-25(35)17-43)14-28(27)47-18-33(36,37)38/h2-15,19,25H,16-18H2,1H3,(H,39,45)(H,40,42). The van der Waals surface area contributed by atoms with E-state index in [1.807, 2.05) is 18.2 Å². The fraction of sp³-hybridized carbons (Fsp3) is 0.212. The van der Waals surface area contributed by atoms with E-state index in [1.165, 1.54) is 39.7 Å². The number of amides is 2. The first-order valence-electron chi connectivity index (χ1n) is 14.5. The Kier molecular flexibility index (Phi) is 8.50. The Bertz CT molecular complexity index is 1920. The van der Waals surface area contributed by atoms with E-state index in [2.05, 4.69) is 20.7 Å². The third kappa shape index (κ3) is 7.32. The minimum absolute atomic E-state index is 0.0557. The summed E-state index contributed by atoms with van der Waals surface area (Å²) in [4.78, 5) is 31.0. The van der Waals surface area contributed by atoms with Gasteiger partial charge in [-0.3, -0.25) is 9.59 Å². The number of carbonyl (C=O) groups is 2. The Morgan fingerprint density at radius 2 is 1.68 bits per heavy atom. The molecule has 1 fully saturated rings. The molecule has 1 unspecified atom stereocenters. The second kappa shape index (κ2) is 12.7. The summed E-state index contributed by atoms with van der Waals surface area (Å²) in [5, 5.41) is 10.1. The molecule has 9 nitrogen and oxygen atoms in total. The fourth-order valence-electron chi connectivity index (χ4n) is 4.94. The Hall–Kier alpha value is -5.53. The van der Waals surface area contributed by atoms with Crippen LogP contribution in [0.5, 0.6) is 5.75 Å². The molecule has 0 saturated carbocycles. The van der Waals surface area contributed by atoms with Gasteiger partial charge in [-0.25, -0.2) is 13.3 Å². The van der Waals surface area contributed by atoms with E-state index in [0.29, 0.717) is 16.9 Å². The largest absolute Gasteiger partial charge is 0.482 e. The minimum atomic E-state index is -4.62. The van der Waals surface area contributed by atoms with Gasteiger partial charge < -0.3 is 20.3 Å². The van der Waals surface area contributed by atoms with Crippen LogP contribution in [0.3, 0.4) is 0 Å². The van der Waals surface area contributed by atoms with Crippen molar-refractivity contribution in [2.75, 3.05) is 30.3 Å². The molecule has 1 atom stereocenters. The molecule has 6 rings (SSSR count). The van der Waals surface area contributed by atoms with Gasteiger partial charge in [0.15, 0.2) is 12.3 Å². The lowest BCUT2D eigenvalue weighted by molar-refractivity contribution is -0.153. The molecule has 2 N–H and O–H groups in total. The molecule has 2 amide bonds. The predicted molar refractivity (Wildman–Crippen MR) is 164 cm³/mol. The van der Waals surface area contributed by atoms with Crippen LogP contribution in [0.2, 0.25) is 0 Å². The van der Waals surface area contributed by atoms with Crippen LogP contribution < -0.4 is 15.4 Å². The molecule has 47 heavy (non-hydrogen) atoms. The molecule has 3 aromatic carbocycles. The number of carbonyl (C=O) groups excluding carboxylic acids is 2. The molecular weight excluding hydrogens is 623 g/mol. The average Bonchev–Trinajstić information content (AvgIpc) is 3.44. The highest BCUT2D eigenvalue weighted by Gasteiger charge is 2.32. The Morgan fingerprint density at radius 1 is 0.979 bits per heavy atom. The van der Waals surface area contributed by atoms with Gasteiger partial charge in [0.1, 0.15) is 17.7 Å². The maximum atomic E-state index is 13.2. The van der Waals surface area contributed by atoms with Crippen LogP contribution in [-0.2, 0) is 4.79 Å². The van der Waals surface area contributed by atoms with Crippen LogP contribution in [0, 0.1) is 5.82 Å². The van der Waals surface area contributed by atoms with E-state index in [4.69, 9.17) is 4.74 Å².